The summed E-state index contributed by atoms with van der Waals surface area (Å²) in [6.45, 7) is -0.109. The van der Waals surface area contributed by atoms with E-state index in [4.69, 9.17) is 10.8 Å². The third-order valence-corrected chi connectivity index (χ3v) is 2.69. The predicted octanol–water partition coefficient (Wildman–Crippen LogP) is 1.07. The standard InChI is InChI=1S/C10H11BrN2O3/c1-13(5-9(14)15)6-2-3-7(10(12)16)8(11)4-6/h2-4H,5H2,1H3,(H2,12,16)(H,14,15). The highest BCUT2D eigenvalue weighted by Gasteiger charge is 2.10. The quantitative estimate of drug-likeness (QED) is 0.867. The van der Waals surface area contributed by atoms with Crippen molar-refractivity contribution in [3.05, 3.63) is 28.2 Å². The monoisotopic (exact) mass is 286 g/mol. The molecule has 1 aromatic carbocycles. The molecule has 0 aliphatic rings. The fraction of sp³-hybridized carbons (Fsp3) is 0.200. The van der Waals surface area contributed by atoms with Crippen LogP contribution in [0.5, 0.6) is 0 Å². The van der Waals surface area contributed by atoms with E-state index >= 15 is 0 Å². The van der Waals surface area contributed by atoms with Crippen LogP contribution in [-0.2, 0) is 4.79 Å². The normalized spacial score (nSPS) is 9.88. The van der Waals surface area contributed by atoms with Crippen molar-refractivity contribution in [2.24, 2.45) is 5.73 Å². The molecule has 0 fully saturated rings. The number of carboxylic acids is 1. The van der Waals surface area contributed by atoms with Gasteiger partial charge in [0.2, 0.25) is 5.91 Å². The van der Waals surface area contributed by atoms with E-state index in [1.54, 1.807) is 30.1 Å². The molecule has 0 spiro atoms. The van der Waals surface area contributed by atoms with Gasteiger partial charge in [0.15, 0.2) is 0 Å². The molecule has 6 heteroatoms. The number of amides is 1. The summed E-state index contributed by atoms with van der Waals surface area (Å²) >= 11 is 3.21. The van der Waals surface area contributed by atoms with E-state index in [0.29, 0.717) is 15.7 Å². The van der Waals surface area contributed by atoms with Crippen LogP contribution < -0.4 is 10.6 Å². The van der Waals surface area contributed by atoms with Gasteiger partial charge in [-0.15, -0.1) is 0 Å². The highest BCUT2D eigenvalue weighted by molar-refractivity contribution is 9.10. The van der Waals surface area contributed by atoms with Crippen molar-refractivity contribution in [3.8, 4) is 0 Å². The van der Waals surface area contributed by atoms with Gasteiger partial charge in [-0.3, -0.25) is 9.59 Å². The number of aliphatic carboxylic acids is 1. The van der Waals surface area contributed by atoms with Crippen LogP contribution in [0, 0.1) is 0 Å². The molecular weight excluding hydrogens is 276 g/mol. The lowest BCUT2D eigenvalue weighted by atomic mass is 10.2. The number of nitrogens with two attached hydrogens (primary N) is 1. The van der Waals surface area contributed by atoms with Crippen LogP contribution in [0.1, 0.15) is 10.4 Å². The minimum Gasteiger partial charge on any atom is -0.480 e. The van der Waals surface area contributed by atoms with Gasteiger partial charge in [0.1, 0.15) is 6.54 Å². The van der Waals surface area contributed by atoms with Crippen molar-refractivity contribution in [2.75, 3.05) is 18.5 Å². The molecule has 0 saturated heterocycles. The number of likely N-dealkylation sites (N-methyl/N-ethyl adjacent to an activating group) is 1. The third kappa shape index (κ3) is 2.96. The average Bonchev–Trinajstić information content (AvgIpc) is 2.15. The topological polar surface area (TPSA) is 83.6 Å². The fourth-order valence-corrected chi connectivity index (χ4v) is 1.80. The maximum Gasteiger partial charge on any atom is 0.323 e. The lowest BCUT2D eigenvalue weighted by Gasteiger charge is -2.17. The minimum absolute atomic E-state index is 0.109. The largest absolute Gasteiger partial charge is 0.480 e. The summed E-state index contributed by atoms with van der Waals surface area (Å²) in [6, 6.07) is 4.86. The highest BCUT2D eigenvalue weighted by atomic mass is 79.9. The van der Waals surface area contributed by atoms with Crippen molar-refractivity contribution in [2.45, 2.75) is 0 Å². The van der Waals surface area contributed by atoms with Gasteiger partial charge in [-0.25, -0.2) is 0 Å². The zero-order chi connectivity index (χ0) is 12.3. The van der Waals surface area contributed by atoms with Gasteiger partial charge in [0.25, 0.3) is 0 Å². The average molecular weight is 287 g/mol. The van der Waals surface area contributed by atoms with Crippen molar-refractivity contribution in [3.63, 3.8) is 0 Å². The summed E-state index contributed by atoms with van der Waals surface area (Å²) in [5.41, 5.74) is 6.21. The summed E-state index contributed by atoms with van der Waals surface area (Å²) in [5.74, 6) is -1.45. The van der Waals surface area contributed by atoms with Gasteiger partial charge in [-0.05, 0) is 34.1 Å². The predicted molar refractivity (Wildman–Crippen MR) is 63.6 cm³/mol. The molecule has 0 unspecified atom stereocenters. The van der Waals surface area contributed by atoms with Crippen LogP contribution in [0.25, 0.3) is 0 Å². The van der Waals surface area contributed by atoms with E-state index in [0.717, 1.165) is 0 Å². The van der Waals surface area contributed by atoms with Crippen LogP contribution >= 0.6 is 15.9 Å². The number of anilines is 1. The molecule has 86 valence electrons. The fourth-order valence-electron chi connectivity index (χ4n) is 1.24. The number of carboxylic acid groups (broad SMARTS) is 1. The summed E-state index contributed by atoms with van der Waals surface area (Å²) in [5, 5.41) is 8.63. The van der Waals surface area contributed by atoms with Gasteiger partial charge in [-0.1, -0.05) is 0 Å². The Morgan fingerprint density at radius 2 is 2.12 bits per heavy atom. The molecule has 0 saturated carbocycles. The number of primary amides is 1. The molecule has 0 aliphatic heterocycles. The van der Waals surface area contributed by atoms with E-state index in [9.17, 15) is 9.59 Å². The molecule has 3 N–H and O–H groups in total. The molecule has 0 aliphatic carbocycles. The first-order chi connectivity index (χ1) is 7.41. The Morgan fingerprint density at radius 3 is 2.56 bits per heavy atom. The number of halogens is 1. The molecule has 5 nitrogen and oxygen atoms in total. The molecule has 0 heterocycles. The van der Waals surface area contributed by atoms with Crippen molar-refractivity contribution < 1.29 is 14.7 Å². The number of hydrogen-bond acceptors (Lipinski definition) is 3. The molecule has 1 amide bonds. The van der Waals surface area contributed by atoms with Crippen LogP contribution in [0.4, 0.5) is 5.69 Å². The summed E-state index contributed by atoms with van der Waals surface area (Å²) in [7, 11) is 1.65. The molecule has 0 bridgehead atoms. The van der Waals surface area contributed by atoms with Crippen LogP contribution in [-0.4, -0.2) is 30.6 Å². The van der Waals surface area contributed by atoms with E-state index in [-0.39, 0.29) is 6.54 Å². The molecule has 0 atom stereocenters. The lowest BCUT2D eigenvalue weighted by Crippen LogP contribution is -2.25. The van der Waals surface area contributed by atoms with Gasteiger partial charge >= 0.3 is 5.97 Å². The van der Waals surface area contributed by atoms with E-state index in [2.05, 4.69) is 15.9 Å². The van der Waals surface area contributed by atoms with Crippen LogP contribution in [0.2, 0.25) is 0 Å². The van der Waals surface area contributed by atoms with Crippen molar-refractivity contribution in [1.82, 2.24) is 0 Å². The third-order valence-electron chi connectivity index (χ3n) is 2.03. The number of benzene rings is 1. The van der Waals surface area contributed by atoms with Gasteiger partial charge in [-0.2, -0.15) is 0 Å². The number of rotatable bonds is 4. The summed E-state index contributed by atoms with van der Waals surface area (Å²) < 4.78 is 0.551. The van der Waals surface area contributed by atoms with Gasteiger partial charge in [0, 0.05) is 17.2 Å². The van der Waals surface area contributed by atoms with E-state index in [1.165, 1.54) is 0 Å². The Hall–Kier alpha value is -1.56. The summed E-state index contributed by atoms with van der Waals surface area (Å²) in [6.07, 6.45) is 0. The first-order valence-corrected chi connectivity index (χ1v) is 5.23. The highest BCUT2D eigenvalue weighted by Crippen LogP contribution is 2.23. The lowest BCUT2D eigenvalue weighted by molar-refractivity contribution is -0.135. The second-order valence-corrected chi connectivity index (χ2v) is 4.13. The molecule has 0 radical (unpaired) electrons. The van der Waals surface area contributed by atoms with Crippen LogP contribution in [0.3, 0.4) is 0 Å². The van der Waals surface area contributed by atoms with E-state index < -0.39 is 11.9 Å². The van der Waals surface area contributed by atoms with Crippen molar-refractivity contribution >= 4 is 33.5 Å². The maximum absolute atomic E-state index is 11.0. The zero-order valence-electron chi connectivity index (χ0n) is 8.61. The summed E-state index contributed by atoms with van der Waals surface area (Å²) in [4.78, 5) is 23.0. The number of nitrogens with zero attached hydrogens (tertiary/aromatic N) is 1. The molecule has 1 rings (SSSR count). The van der Waals surface area contributed by atoms with Crippen LogP contribution in [0.15, 0.2) is 22.7 Å². The number of hydrogen-bond donors (Lipinski definition) is 2. The number of carbonyl (C=O) groups is 2. The molecule has 0 aromatic heterocycles. The first kappa shape index (κ1) is 12.5. The second kappa shape index (κ2) is 4.98. The van der Waals surface area contributed by atoms with E-state index in [1.807, 2.05) is 0 Å². The Morgan fingerprint density at radius 1 is 1.50 bits per heavy atom. The SMILES string of the molecule is CN(CC(=O)O)c1ccc(C(N)=O)c(Br)c1. The Labute approximate surface area is 101 Å². The Balaban J connectivity index is 2.96. The molecule has 1 aromatic rings. The Kier molecular flexibility index (Phi) is 3.89. The number of carbonyl (C=O) groups excluding carboxylic acids is 1. The van der Waals surface area contributed by atoms with Crippen molar-refractivity contribution in [1.29, 1.82) is 0 Å². The molecular formula is C10H11BrN2O3. The second-order valence-electron chi connectivity index (χ2n) is 3.28. The maximum atomic E-state index is 11.0. The Bertz CT molecular complexity index is 434. The zero-order valence-corrected chi connectivity index (χ0v) is 10.2. The smallest absolute Gasteiger partial charge is 0.323 e. The first-order valence-electron chi connectivity index (χ1n) is 4.44. The molecule has 16 heavy (non-hydrogen) atoms. The minimum atomic E-state index is -0.919. The van der Waals surface area contributed by atoms with Gasteiger partial charge in [0.05, 0.1) is 5.56 Å². The van der Waals surface area contributed by atoms with Gasteiger partial charge < -0.3 is 15.7 Å².